The number of nitrogens with one attached hydrogen (secondary N) is 1. The van der Waals surface area contributed by atoms with Gasteiger partial charge in [0.15, 0.2) is 0 Å². The zero-order valence-corrected chi connectivity index (χ0v) is 13.4. The molecule has 3 nitrogen and oxygen atoms in total. The summed E-state index contributed by atoms with van der Waals surface area (Å²) in [6.45, 7) is 4.58. The molecule has 1 heterocycles. The number of carbonyl (C=O) groups is 1. The number of halogens is 1. The lowest BCUT2D eigenvalue weighted by atomic mass is 9.93. The zero-order chi connectivity index (χ0) is 13.9. The maximum Gasteiger partial charge on any atom is 0.261 e. The molecule has 0 aliphatic heterocycles. The molecule has 2 aromatic rings. The van der Waals surface area contributed by atoms with E-state index in [-0.39, 0.29) is 23.9 Å². The minimum Gasteiger partial charge on any atom is -0.345 e. The van der Waals surface area contributed by atoms with Crippen LogP contribution in [0.25, 0.3) is 10.1 Å². The Morgan fingerprint density at radius 1 is 1.30 bits per heavy atom. The number of benzene rings is 1. The lowest BCUT2D eigenvalue weighted by Crippen LogP contribution is -2.52. The van der Waals surface area contributed by atoms with Crippen LogP contribution in [0, 0.1) is 0 Å². The number of amides is 1. The van der Waals surface area contributed by atoms with E-state index in [2.05, 4.69) is 19.2 Å². The fourth-order valence-corrected chi connectivity index (χ4v) is 3.12. The molecule has 20 heavy (non-hydrogen) atoms. The van der Waals surface area contributed by atoms with Crippen molar-refractivity contribution in [3.05, 3.63) is 35.2 Å². The number of hydrogen-bond donors (Lipinski definition) is 2. The molecule has 1 amide bonds. The van der Waals surface area contributed by atoms with Crippen molar-refractivity contribution >= 4 is 39.7 Å². The average Bonchev–Trinajstić information content (AvgIpc) is 2.89. The van der Waals surface area contributed by atoms with E-state index in [9.17, 15) is 4.79 Å². The van der Waals surface area contributed by atoms with Gasteiger partial charge in [-0.1, -0.05) is 32.0 Å². The van der Waals surface area contributed by atoms with Gasteiger partial charge in [0.05, 0.1) is 10.4 Å². The van der Waals surface area contributed by atoms with Crippen LogP contribution in [0.1, 0.15) is 36.4 Å². The molecule has 2 rings (SSSR count). The van der Waals surface area contributed by atoms with Gasteiger partial charge in [0.25, 0.3) is 5.91 Å². The van der Waals surface area contributed by atoms with Crippen LogP contribution in [0.4, 0.5) is 0 Å². The summed E-state index contributed by atoms with van der Waals surface area (Å²) in [6.07, 6.45) is 1.69. The van der Waals surface area contributed by atoms with Crippen LogP contribution in [0.3, 0.4) is 0 Å². The Hall–Kier alpha value is -1.10. The van der Waals surface area contributed by atoms with E-state index in [1.807, 2.05) is 30.3 Å². The van der Waals surface area contributed by atoms with Crippen molar-refractivity contribution in [3.8, 4) is 0 Å². The van der Waals surface area contributed by atoms with Crippen molar-refractivity contribution in [2.75, 3.05) is 6.54 Å². The number of carbonyl (C=O) groups excluding carboxylic acids is 1. The lowest BCUT2D eigenvalue weighted by molar-refractivity contribution is 0.0899. The quantitative estimate of drug-likeness (QED) is 0.886. The zero-order valence-electron chi connectivity index (χ0n) is 11.8. The van der Waals surface area contributed by atoms with Gasteiger partial charge in [-0.2, -0.15) is 0 Å². The number of nitrogens with two attached hydrogens (primary N) is 1. The molecule has 0 spiro atoms. The molecule has 0 radical (unpaired) electrons. The maximum absolute atomic E-state index is 12.4. The third-order valence-electron chi connectivity index (χ3n) is 3.77. The van der Waals surface area contributed by atoms with E-state index in [0.717, 1.165) is 27.8 Å². The van der Waals surface area contributed by atoms with Crippen LogP contribution in [-0.4, -0.2) is 18.0 Å². The summed E-state index contributed by atoms with van der Waals surface area (Å²) in [5.74, 6) is -0.0182. The molecule has 0 unspecified atom stereocenters. The van der Waals surface area contributed by atoms with Crippen LogP contribution >= 0.6 is 23.7 Å². The molecular formula is C15H21ClN2OS. The molecule has 0 saturated carbocycles. The highest BCUT2D eigenvalue weighted by molar-refractivity contribution is 7.20. The van der Waals surface area contributed by atoms with Crippen LogP contribution in [-0.2, 0) is 0 Å². The predicted molar refractivity (Wildman–Crippen MR) is 88.9 cm³/mol. The molecule has 0 fully saturated rings. The first-order chi connectivity index (χ1) is 9.14. The Labute approximate surface area is 130 Å². The van der Waals surface area contributed by atoms with E-state index in [4.69, 9.17) is 5.73 Å². The van der Waals surface area contributed by atoms with Crippen molar-refractivity contribution in [3.63, 3.8) is 0 Å². The summed E-state index contributed by atoms with van der Waals surface area (Å²) in [5, 5.41) is 4.22. The van der Waals surface area contributed by atoms with Gasteiger partial charge in [0, 0.05) is 11.2 Å². The Balaban J connectivity index is 0.00000200. The Bertz CT molecular complexity index is 537. The minimum atomic E-state index is -0.284. The van der Waals surface area contributed by atoms with Gasteiger partial charge in [-0.05, 0) is 30.4 Å². The van der Waals surface area contributed by atoms with E-state index in [1.165, 1.54) is 11.3 Å². The molecule has 1 aromatic heterocycles. The molecule has 5 heteroatoms. The van der Waals surface area contributed by atoms with Gasteiger partial charge in [0.1, 0.15) is 0 Å². The molecule has 0 aliphatic carbocycles. The molecule has 0 bridgehead atoms. The monoisotopic (exact) mass is 312 g/mol. The summed E-state index contributed by atoms with van der Waals surface area (Å²) in [6, 6.07) is 9.98. The molecular weight excluding hydrogens is 292 g/mol. The topological polar surface area (TPSA) is 55.1 Å². The fourth-order valence-electron chi connectivity index (χ4n) is 2.16. The highest BCUT2D eigenvalue weighted by Gasteiger charge is 2.27. The highest BCUT2D eigenvalue weighted by atomic mass is 35.5. The first-order valence-corrected chi connectivity index (χ1v) is 7.47. The van der Waals surface area contributed by atoms with Crippen LogP contribution < -0.4 is 11.1 Å². The minimum absolute atomic E-state index is 0. The normalized spacial score (nSPS) is 11.2. The first-order valence-electron chi connectivity index (χ1n) is 6.65. The Kier molecular flexibility index (Phi) is 5.99. The maximum atomic E-state index is 12.4. The summed E-state index contributed by atoms with van der Waals surface area (Å²) in [5.41, 5.74) is 5.53. The average molecular weight is 313 g/mol. The predicted octanol–water partition coefficient (Wildman–Crippen LogP) is 3.57. The van der Waals surface area contributed by atoms with Gasteiger partial charge in [-0.15, -0.1) is 23.7 Å². The Morgan fingerprint density at radius 3 is 2.50 bits per heavy atom. The SMILES string of the molecule is CCC(CC)(CN)NC(=O)c1cc2ccccc2s1.Cl. The molecule has 0 aliphatic rings. The smallest absolute Gasteiger partial charge is 0.261 e. The standard InChI is InChI=1S/C15H20N2OS.ClH/c1-3-15(4-2,10-16)17-14(18)13-9-11-7-5-6-8-12(11)19-13;/h5-9H,3-4,10,16H2,1-2H3,(H,17,18);1H. The van der Waals surface area contributed by atoms with Crippen molar-refractivity contribution < 1.29 is 4.79 Å². The van der Waals surface area contributed by atoms with Gasteiger partial charge in [-0.25, -0.2) is 0 Å². The molecule has 110 valence electrons. The van der Waals surface area contributed by atoms with Gasteiger partial charge in [-0.3, -0.25) is 4.79 Å². The molecule has 0 atom stereocenters. The van der Waals surface area contributed by atoms with Crippen LogP contribution in [0.2, 0.25) is 0 Å². The Morgan fingerprint density at radius 2 is 1.95 bits per heavy atom. The summed E-state index contributed by atoms with van der Waals surface area (Å²) in [4.78, 5) is 13.1. The van der Waals surface area contributed by atoms with Crippen molar-refractivity contribution in [1.29, 1.82) is 0 Å². The second-order valence-electron chi connectivity index (χ2n) is 4.79. The van der Waals surface area contributed by atoms with Gasteiger partial charge >= 0.3 is 0 Å². The van der Waals surface area contributed by atoms with E-state index in [1.54, 1.807) is 0 Å². The largest absolute Gasteiger partial charge is 0.345 e. The summed E-state index contributed by atoms with van der Waals surface area (Å²) in [7, 11) is 0. The van der Waals surface area contributed by atoms with Gasteiger partial charge in [0.2, 0.25) is 0 Å². The van der Waals surface area contributed by atoms with E-state index >= 15 is 0 Å². The fraction of sp³-hybridized carbons (Fsp3) is 0.400. The van der Waals surface area contributed by atoms with Crippen LogP contribution in [0.15, 0.2) is 30.3 Å². The highest BCUT2D eigenvalue weighted by Crippen LogP contribution is 2.26. The lowest BCUT2D eigenvalue weighted by Gasteiger charge is -2.31. The van der Waals surface area contributed by atoms with Crippen LogP contribution in [0.5, 0.6) is 0 Å². The number of fused-ring (bicyclic) bond motifs is 1. The summed E-state index contributed by atoms with van der Waals surface area (Å²) >= 11 is 1.52. The van der Waals surface area contributed by atoms with E-state index in [0.29, 0.717) is 6.54 Å². The second-order valence-corrected chi connectivity index (χ2v) is 5.88. The van der Waals surface area contributed by atoms with Crippen molar-refractivity contribution in [2.24, 2.45) is 5.73 Å². The molecule has 3 N–H and O–H groups in total. The number of hydrogen-bond acceptors (Lipinski definition) is 3. The third-order valence-corrected chi connectivity index (χ3v) is 4.89. The summed E-state index contributed by atoms with van der Waals surface area (Å²) < 4.78 is 1.14. The van der Waals surface area contributed by atoms with Gasteiger partial charge < -0.3 is 11.1 Å². The second kappa shape index (κ2) is 7.07. The molecule has 1 aromatic carbocycles. The number of thiophene rings is 1. The number of rotatable bonds is 5. The van der Waals surface area contributed by atoms with Crippen molar-refractivity contribution in [1.82, 2.24) is 5.32 Å². The van der Waals surface area contributed by atoms with E-state index < -0.39 is 0 Å². The third kappa shape index (κ3) is 3.32. The first kappa shape index (κ1) is 17.0. The van der Waals surface area contributed by atoms with Crippen molar-refractivity contribution in [2.45, 2.75) is 32.2 Å². The molecule has 0 saturated heterocycles.